The van der Waals surface area contributed by atoms with E-state index in [9.17, 15) is 9.59 Å². The molecule has 122 valence electrons. The van der Waals surface area contributed by atoms with E-state index in [0.717, 1.165) is 0 Å². The second-order valence-corrected chi connectivity index (χ2v) is 5.30. The molecule has 2 aliphatic heterocycles. The molecule has 0 bridgehead atoms. The fourth-order valence-electron chi connectivity index (χ4n) is 2.49. The summed E-state index contributed by atoms with van der Waals surface area (Å²) in [7, 11) is 0. The van der Waals surface area contributed by atoms with Gasteiger partial charge in [0.1, 0.15) is 6.61 Å². The predicted octanol–water partition coefficient (Wildman–Crippen LogP) is 1.37. The van der Waals surface area contributed by atoms with E-state index in [2.05, 4.69) is 5.10 Å². The maximum atomic E-state index is 12.0. The van der Waals surface area contributed by atoms with Crippen molar-refractivity contribution < 1.29 is 23.8 Å². The monoisotopic (exact) mass is 318 g/mol. The molecule has 3 rings (SSSR count). The number of carbonyl (C=O) groups is 2. The Hall–Kier alpha value is -2.57. The largest absolute Gasteiger partial charge is 0.486 e. The smallest absolute Gasteiger partial charge is 0.311 e. The van der Waals surface area contributed by atoms with Crippen LogP contribution in [0.5, 0.6) is 11.5 Å². The van der Waals surface area contributed by atoms with E-state index in [0.29, 0.717) is 37.0 Å². The lowest BCUT2D eigenvalue weighted by atomic mass is 10.2. The van der Waals surface area contributed by atoms with Crippen LogP contribution in [0.25, 0.3) is 0 Å². The highest BCUT2D eigenvalue weighted by atomic mass is 16.6. The molecule has 2 heterocycles. The van der Waals surface area contributed by atoms with Gasteiger partial charge in [-0.1, -0.05) is 12.1 Å². The number of fused-ring (bicyclic) bond motifs is 1. The number of hydrazone groups is 1. The van der Waals surface area contributed by atoms with Gasteiger partial charge in [0.15, 0.2) is 17.6 Å². The molecule has 1 amide bonds. The van der Waals surface area contributed by atoms with Gasteiger partial charge in [-0.15, -0.1) is 0 Å². The highest BCUT2D eigenvalue weighted by molar-refractivity contribution is 6.10. The normalized spacial score (nSPS) is 19.5. The molecule has 23 heavy (non-hydrogen) atoms. The molecule has 0 aliphatic carbocycles. The third-order valence-corrected chi connectivity index (χ3v) is 3.50. The molecule has 0 radical (unpaired) electrons. The van der Waals surface area contributed by atoms with Crippen LogP contribution >= 0.6 is 0 Å². The van der Waals surface area contributed by atoms with Crippen molar-refractivity contribution >= 4 is 17.6 Å². The van der Waals surface area contributed by atoms with Crippen LogP contribution in [0.2, 0.25) is 0 Å². The van der Waals surface area contributed by atoms with Crippen molar-refractivity contribution in [3.05, 3.63) is 24.3 Å². The van der Waals surface area contributed by atoms with Crippen molar-refractivity contribution in [2.45, 2.75) is 25.9 Å². The number of ether oxygens (including phenoxy) is 3. The zero-order valence-electron chi connectivity index (χ0n) is 12.9. The minimum absolute atomic E-state index is 0.0426. The highest BCUT2D eigenvalue weighted by Crippen LogP contribution is 2.31. The summed E-state index contributed by atoms with van der Waals surface area (Å²) in [5.74, 6) is 0.841. The van der Waals surface area contributed by atoms with Crippen molar-refractivity contribution in [2.24, 2.45) is 5.10 Å². The number of esters is 1. The molecular weight excluding hydrogens is 300 g/mol. The molecule has 0 aromatic heterocycles. The number of amides is 1. The zero-order valence-corrected chi connectivity index (χ0v) is 12.9. The second kappa shape index (κ2) is 6.68. The first kappa shape index (κ1) is 15.3. The van der Waals surface area contributed by atoms with Crippen LogP contribution in [0.4, 0.5) is 0 Å². The van der Waals surface area contributed by atoms with E-state index in [-0.39, 0.29) is 30.8 Å². The Morgan fingerprint density at radius 2 is 2.17 bits per heavy atom. The summed E-state index contributed by atoms with van der Waals surface area (Å²) in [5.41, 5.74) is 0.519. The second-order valence-electron chi connectivity index (χ2n) is 5.30. The van der Waals surface area contributed by atoms with Crippen molar-refractivity contribution in [3.8, 4) is 11.5 Å². The first-order valence-corrected chi connectivity index (χ1v) is 7.56. The summed E-state index contributed by atoms with van der Waals surface area (Å²) >= 11 is 0. The van der Waals surface area contributed by atoms with Crippen LogP contribution in [0.15, 0.2) is 29.4 Å². The summed E-state index contributed by atoms with van der Waals surface area (Å²) in [6.07, 6.45) is -0.108. The maximum Gasteiger partial charge on any atom is 0.311 e. The van der Waals surface area contributed by atoms with Crippen LogP contribution < -0.4 is 9.47 Å². The van der Waals surface area contributed by atoms with Gasteiger partial charge >= 0.3 is 5.97 Å². The number of para-hydroxylation sites is 2. The van der Waals surface area contributed by atoms with E-state index in [4.69, 9.17) is 14.2 Å². The van der Waals surface area contributed by atoms with Crippen molar-refractivity contribution in [1.82, 2.24) is 5.01 Å². The van der Waals surface area contributed by atoms with Crippen LogP contribution in [0.1, 0.15) is 19.8 Å². The minimum atomic E-state index is -0.368. The Morgan fingerprint density at radius 1 is 1.39 bits per heavy atom. The topological polar surface area (TPSA) is 77.4 Å². The third kappa shape index (κ3) is 3.61. The van der Waals surface area contributed by atoms with Crippen molar-refractivity contribution in [2.75, 3.05) is 19.8 Å². The summed E-state index contributed by atoms with van der Waals surface area (Å²) in [6.45, 7) is 2.70. The van der Waals surface area contributed by atoms with E-state index in [1.54, 1.807) is 6.92 Å². The number of nitrogens with zero attached hydrogens (tertiary/aromatic N) is 2. The number of hydrogen-bond acceptors (Lipinski definition) is 6. The van der Waals surface area contributed by atoms with Gasteiger partial charge in [-0.2, -0.15) is 5.10 Å². The molecule has 1 aromatic carbocycles. The molecule has 7 heteroatoms. The maximum absolute atomic E-state index is 12.0. The molecule has 1 aromatic rings. The number of benzene rings is 1. The van der Waals surface area contributed by atoms with Gasteiger partial charge in [0.25, 0.3) is 0 Å². The van der Waals surface area contributed by atoms with E-state index in [1.165, 1.54) is 5.01 Å². The SMILES string of the molecule is CCOC(=O)CC1=NN(CC2COc3ccccc3O2)C(=O)C1. The fraction of sp³-hybridized carbons (Fsp3) is 0.438. The zero-order chi connectivity index (χ0) is 16.2. The molecule has 1 unspecified atom stereocenters. The lowest BCUT2D eigenvalue weighted by Gasteiger charge is -2.28. The number of carbonyl (C=O) groups excluding carboxylic acids is 2. The minimum Gasteiger partial charge on any atom is -0.486 e. The Labute approximate surface area is 133 Å². The first-order valence-electron chi connectivity index (χ1n) is 7.56. The van der Waals surface area contributed by atoms with Gasteiger partial charge in [-0.3, -0.25) is 9.59 Å². The highest BCUT2D eigenvalue weighted by Gasteiger charge is 2.30. The molecule has 1 atom stereocenters. The third-order valence-electron chi connectivity index (χ3n) is 3.50. The van der Waals surface area contributed by atoms with Crippen LogP contribution in [0, 0.1) is 0 Å². The average molecular weight is 318 g/mol. The van der Waals surface area contributed by atoms with Gasteiger partial charge in [0.2, 0.25) is 5.91 Å². The Morgan fingerprint density at radius 3 is 2.96 bits per heavy atom. The van der Waals surface area contributed by atoms with Gasteiger partial charge < -0.3 is 14.2 Å². The summed E-state index contributed by atoms with van der Waals surface area (Å²) in [4.78, 5) is 23.5. The Bertz CT molecular complexity index is 643. The Kier molecular flexibility index (Phi) is 4.45. The van der Waals surface area contributed by atoms with Crippen molar-refractivity contribution in [1.29, 1.82) is 0 Å². The summed E-state index contributed by atoms with van der Waals surface area (Å²) in [6, 6.07) is 7.39. The summed E-state index contributed by atoms with van der Waals surface area (Å²) < 4.78 is 16.3. The van der Waals surface area contributed by atoms with Crippen LogP contribution in [-0.4, -0.2) is 48.5 Å². The lowest BCUT2D eigenvalue weighted by molar-refractivity contribution is -0.141. The summed E-state index contributed by atoms with van der Waals surface area (Å²) in [5, 5.41) is 5.55. The molecule has 0 saturated heterocycles. The molecule has 7 nitrogen and oxygen atoms in total. The van der Waals surface area contributed by atoms with Gasteiger partial charge in [-0.25, -0.2) is 5.01 Å². The quantitative estimate of drug-likeness (QED) is 0.766. The average Bonchev–Trinajstić information content (AvgIpc) is 2.87. The molecule has 0 saturated carbocycles. The molecule has 0 N–H and O–H groups in total. The predicted molar refractivity (Wildman–Crippen MR) is 81.4 cm³/mol. The molecule has 2 aliphatic rings. The first-order chi connectivity index (χ1) is 11.2. The van der Waals surface area contributed by atoms with Crippen LogP contribution in [0.3, 0.4) is 0 Å². The number of hydrogen-bond donors (Lipinski definition) is 0. The van der Waals surface area contributed by atoms with E-state index in [1.807, 2.05) is 24.3 Å². The van der Waals surface area contributed by atoms with Crippen LogP contribution in [-0.2, 0) is 14.3 Å². The molecule has 0 spiro atoms. The fourth-order valence-corrected chi connectivity index (χ4v) is 2.49. The lowest BCUT2D eigenvalue weighted by Crippen LogP contribution is -2.39. The number of rotatable bonds is 5. The molecule has 0 fully saturated rings. The molecular formula is C16H18N2O5. The van der Waals surface area contributed by atoms with Gasteiger partial charge in [0.05, 0.1) is 31.7 Å². The Balaban J connectivity index is 1.59. The van der Waals surface area contributed by atoms with Gasteiger partial charge in [0, 0.05) is 0 Å². The standard InChI is InChI=1S/C16H18N2O5/c1-2-21-16(20)8-11-7-15(19)18(17-11)9-12-10-22-13-5-3-4-6-14(13)23-12/h3-6,12H,2,7-10H2,1H3. The van der Waals surface area contributed by atoms with E-state index < -0.39 is 0 Å². The van der Waals surface area contributed by atoms with E-state index >= 15 is 0 Å². The van der Waals surface area contributed by atoms with Crippen molar-refractivity contribution in [3.63, 3.8) is 0 Å². The van der Waals surface area contributed by atoms with Gasteiger partial charge in [-0.05, 0) is 19.1 Å².